The summed E-state index contributed by atoms with van der Waals surface area (Å²) < 4.78 is 20.2. The maximum Gasteiger partial charge on any atom is 0.332 e. The number of unbranched alkanes of at least 4 members (excludes halogenated alkanes) is 11. The highest BCUT2D eigenvalue weighted by Crippen LogP contribution is 2.41. The number of H-pyrrole nitrogens is 1. The van der Waals surface area contributed by atoms with Gasteiger partial charge in [-0.25, -0.2) is 14.2 Å². The zero-order valence-electron chi connectivity index (χ0n) is 31.6. The summed E-state index contributed by atoms with van der Waals surface area (Å²) in [4.78, 5) is 23.0. The number of aromatic amines is 1. The van der Waals surface area contributed by atoms with Gasteiger partial charge in [0.25, 0.3) is 0 Å². The Bertz CT molecular complexity index is 1350. The molecule has 1 heterocycles. The fourth-order valence-corrected chi connectivity index (χ4v) is 7.89. The van der Waals surface area contributed by atoms with E-state index in [9.17, 15) is 14.3 Å². The number of ether oxygens (including phenoxy) is 1. The molecule has 4 rings (SSSR count). The Morgan fingerprint density at radius 2 is 1.57 bits per heavy atom. The van der Waals surface area contributed by atoms with Crippen molar-refractivity contribution in [2.24, 2.45) is 11.8 Å². The van der Waals surface area contributed by atoms with Crippen LogP contribution in [0.1, 0.15) is 140 Å². The number of hydrogen-bond donors (Lipinski definition) is 2. The number of halogens is 3. The second-order valence-corrected chi connectivity index (χ2v) is 14.9. The summed E-state index contributed by atoms with van der Waals surface area (Å²) in [5.41, 5.74) is 4.41. The van der Waals surface area contributed by atoms with Crippen LogP contribution in [0.5, 0.6) is 0 Å². The van der Waals surface area contributed by atoms with E-state index in [4.69, 9.17) is 9.72 Å². The quantitative estimate of drug-likeness (QED) is 0.0843. The van der Waals surface area contributed by atoms with Crippen molar-refractivity contribution >= 4 is 41.8 Å². The Labute approximate surface area is 319 Å². The first-order valence-corrected chi connectivity index (χ1v) is 19.6. The van der Waals surface area contributed by atoms with Crippen molar-refractivity contribution in [3.8, 4) is 0 Å². The van der Waals surface area contributed by atoms with E-state index < -0.39 is 12.1 Å². The van der Waals surface area contributed by atoms with E-state index in [0.717, 1.165) is 87.0 Å². The van der Waals surface area contributed by atoms with Gasteiger partial charge in [0.15, 0.2) is 6.10 Å². The standard InChI is InChI=1S/C42H64FN3O3.2ClH/c1-4-5-6-7-8-9-10-11-12-17-27-46(28-18-13-14-21-40-44-37-19-15-16-20-38(37)45-40)29-26-39(42(47)48)49-31-34-23-22-33-30-35(43)24-25-36(33)41(34)32(2)3;;/h15-16,19-20,24-25,30,32,34,39,41H,4-14,17-18,21-23,26-29,31H2,1-3H3,(H,44,45)(H,47,48);2*1H/t34?,39-,41-;;/m0../s1. The van der Waals surface area contributed by atoms with E-state index in [-0.39, 0.29) is 42.5 Å². The molecule has 2 N–H and O–H groups in total. The highest BCUT2D eigenvalue weighted by Gasteiger charge is 2.33. The number of para-hydroxylation sites is 2. The number of nitrogens with zero attached hydrogens (tertiary/aromatic N) is 2. The van der Waals surface area contributed by atoms with Gasteiger partial charge in [-0.2, -0.15) is 0 Å². The maximum absolute atomic E-state index is 13.9. The van der Waals surface area contributed by atoms with Crippen molar-refractivity contribution in [2.75, 3.05) is 26.2 Å². The van der Waals surface area contributed by atoms with Crippen molar-refractivity contribution in [1.82, 2.24) is 14.9 Å². The third-order valence-electron chi connectivity index (χ3n) is 10.6. The number of imidazole rings is 1. The molecule has 6 nitrogen and oxygen atoms in total. The molecule has 51 heavy (non-hydrogen) atoms. The average molecular weight is 751 g/mol. The molecule has 0 radical (unpaired) electrons. The number of aliphatic carboxylic acids is 1. The normalized spacial score (nSPS) is 16.2. The summed E-state index contributed by atoms with van der Waals surface area (Å²) in [5.74, 6) is 0.836. The molecule has 288 valence electrons. The fraction of sp³-hybridized carbons (Fsp3) is 0.667. The SMILES string of the molecule is CCCCCCCCCCCCN(CCCCCc1nc2ccccc2[nH]1)CC[C@H](OCC1CCc2cc(F)ccc2[C@H]1C(C)C)C(=O)O.Cl.Cl. The van der Waals surface area contributed by atoms with Crippen LogP contribution in [0.15, 0.2) is 42.5 Å². The van der Waals surface area contributed by atoms with Crippen molar-refractivity contribution in [1.29, 1.82) is 0 Å². The minimum Gasteiger partial charge on any atom is -0.479 e. The number of carbonyl (C=O) groups is 1. The molecule has 3 atom stereocenters. The van der Waals surface area contributed by atoms with Crippen molar-refractivity contribution in [3.63, 3.8) is 0 Å². The molecule has 2 aromatic carbocycles. The van der Waals surface area contributed by atoms with Gasteiger partial charge in [0.1, 0.15) is 11.6 Å². The Morgan fingerprint density at radius 3 is 2.22 bits per heavy atom. The molecule has 0 saturated carbocycles. The van der Waals surface area contributed by atoms with E-state index in [1.54, 1.807) is 12.1 Å². The molecule has 0 bridgehead atoms. The molecule has 3 aromatic rings. The minimum absolute atomic E-state index is 0. The predicted molar refractivity (Wildman–Crippen MR) is 214 cm³/mol. The molecule has 1 unspecified atom stereocenters. The first kappa shape index (κ1) is 45.0. The van der Waals surface area contributed by atoms with Gasteiger partial charge < -0.3 is 19.7 Å². The van der Waals surface area contributed by atoms with Gasteiger partial charge in [-0.3, -0.25) is 0 Å². The van der Waals surface area contributed by atoms with Crippen LogP contribution in [-0.2, 0) is 22.4 Å². The molecular formula is C42H66Cl2FN3O3. The van der Waals surface area contributed by atoms with Crippen LogP contribution in [0.2, 0.25) is 0 Å². The van der Waals surface area contributed by atoms with Crippen molar-refractivity contribution < 1.29 is 19.0 Å². The summed E-state index contributed by atoms with van der Waals surface area (Å²) in [7, 11) is 0. The van der Waals surface area contributed by atoms with E-state index in [1.165, 1.54) is 63.4 Å². The molecule has 0 amide bonds. The van der Waals surface area contributed by atoms with Gasteiger partial charge in [0.2, 0.25) is 0 Å². The van der Waals surface area contributed by atoms with Gasteiger partial charge >= 0.3 is 5.97 Å². The monoisotopic (exact) mass is 749 g/mol. The van der Waals surface area contributed by atoms with Crippen molar-refractivity contribution in [3.05, 3.63) is 65.2 Å². The Kier molecular flexibility index (Phi) is 22.0. The zero-order chi connectivity index (χ0) is 34.8. The number of rotatable bonds is 25. The Balaban J connectivity index is 0.00000451. The largest absolute Gasteiger partial charge is 0.479 e. The van der Waals surface area contributed by atoms with Crippen LogP contribution in [0.4, 0.5) is 4.39 Å². The number of aryl methyl sites for hydroxylation is 2. The molecular weight excluding hydrogens is 684 g/mol. The smallest absolute Gasteiger partial charge is 0.332 e. The summed E-state index contributed by atoms with van der Waals surface area (Å²) in [6, 6.07) is 13.3. The maximum atomic E-state index is 13.9. The van der Waals surface area contributed by atoms with Gasteiger partial charge in [0.05, 0.1) is 17.6 Å². The lowest BCUT2D eigenvalue weighted by molar-refractivity contribution is -0.152. The van der Waals surface area contributed by atoms with Gasteiger partial charge in [-0.15, -0.1) is 24.8 Å². The number of benzene rings is 2. The van der Waals surface area contributed by atoms with Gasteiger partial charge in [0, 0.05) is 13.0 Å². The van der Waals surface area contributed by atoms with E-state index in [0.29, 0.717) is 18.9 Å². The first-order chi connectivity index (χ1) is 23.9. The van der Waals surface area contributed by atoms with E-state index >= 15 is 0 Å². The van der Waals surface area contributed by atoms with Crippen LogP contribution < -0.4 is 0 Å². The second kappa shape index (κ2) is 24.9. The lowest BCUT2D eigenvalue weighted by Gasteiger charge is -2.37. The fourth-order valence-electron chi connectivity index (χ4n) is 7.89. The number of nitrogens with one attached hydrogen (secondary N) is 1. The van der Waals surface area contributed by atoms with Gasteiger partial charge in [-0.05, 0) is 105 Å². The van der Waals surface area contributed by atoms with Crippen LogP contribution in [-0.4, -0.2) is 58.3 Å². The summed E-state index contributed by atoms with van der Waals surface area (Å²) in [5, 5.41) is 10.2. The molecule has 0 spiro atoms. The minimum atomic E-state index is -0.871. The van der Waals surface area contributed by atoms with Crippen LogP contribution in [0.25, 0.3) is 11.0 Å². The Morgan fingerprint density at radius 1 is 0.922 bits per heavy atom. The number of aromatic nitrogens is 2. The summed E-state index contributed by atoms with van der Waals surface area (Å²) >= 11 is 0. The summed E-state index contributed by atoms with van der Waals surface area (Å²) in [6.45, 7) is 9.83. The van der Waals surface area contributed by atoms with Gasteiger partial charge in [-0.1, -0.05) is 103 Å². The third kappa shape index (κ3) is 15.4. The van der Waals surface area contributed by atoms with Crippen LogP contribution in [0, 0.1) is 17.7 Å². The highest BCUT2D eigenvalue weighted by molar-refractivity contribution is 5.85. The lowest BCUT2D eigenvalue weighted by atomic mass is 9.70. The van der Waals surface area contributed by atoms with Crippen LogP contribution >= 0.6 is 24.8 Å². The summed E-state index contributed by atoms with van der Waals surface area (Å²) in [6.07, 6.45) is 18.7. The van der Waals surface area contributed by atoms with E-state index in [2.05, 4.69) is 36.7 Å². The number of fused-ring (bicyclic) bond motifs is 2. The number of carboxylic acids is 1. The first-order valence-electron chi connectivity index (χ1n) is 19.6. The molecule has 1 aromatic heterocycles. The zero-order valence-corrected chi connectivity index (χ0v) is 33.2. The molecule has 0 saturated heterocycles. The second-order valence-electron chi connectivity index (χ2n) is 14.9. The molecule has 1 aliphatic carbocycles. The Hall–Kier alpha value is -2.19. The molecule has 0 fully saturated rings. The van der Waals surface area contributed by atoms with Crippen LogP contribution in [0.3, 0.4) is 0 Å². The van der Waals surface area contributed by atoms with E-state index in [1.807, 2.05) is 24.3 Å². The molecule has 9 heteroatoms. The van der Waals surface area contributed by atoms with Crippen molar-refractivity contribution in [2.45, 2.75) is 142 Å². The average Bonchev–Trinajstić information content (AvgIpc) is 3.51. The predicted octanol–water partition coefficient (Wildman–Crippen LogP) is 11.3. The molecule has 1 aliphatic rings. The number of carboxylic acid groups (broad SMARTS) is 1. The topological polar surface area (TPSA) is 78.5 Å². The number of hydrogen-bond acceptors (Lipinski definition) is 4. The lowest BCUT2D eigenvalue weighted by Crippen LogP contribution is -2.35. The third-order valence-corrected chi connectivity index (χ3v) is 10.6. The molecule has 0 aliphatic heterocycles. The highest BCUT2D eigenvalue weighted by atomic mass is 35.5.